The van der Waals surface area contributed by atoms with Crippen LogP contribution in [0.5, 0.6) is 23.0 Å². The molecular weight excluding hydrogens is 724 g/mol. The molecule has 0 radical (unpaired) electrons. The fourth-order valence-corrected chi connectivity index (χ4v) is 7.11. The Hall–Kier alpha value is -3.14. The van der Waals surface area contributed by atoms with E-state index in [0.717, 1.165) is 117 Å². The lowest BCUT2D eigenvalue weighted by molar-refractivity contribution is 0.143. The average Bonchev–Trinajstić information content (AvgIpc) is 3.13. The summed E-state index contributed by atoms with van der Waals surface area (Å²) in [6.07, 6.45) is 18.2. The van der Waals surface area contributed by atoms with Gasteiger partial charge < -0.3 is 24.1 Å². The Bertz CT molecular complexity index is 1790. The molecule has 53 heavy (non-hydrogen) atoms. The molecular formula is C47H65BrO5. The Morgan fingerprint density at radius 1 is 0.472 bits per heavy atom. The summed E-state index contributed by atoms with van der Waals surface area (Å²) in [5.74, 6) is 9.46. The minimum atomic E-state index is -1.14. The minimum absolute atomic E-state index is 0.612. The number of ether oxygens (including phenoxy) is 4. The molecule has 6 heteroatoms. The standard InChI is InChI=1S/C47H65BrO5/c1-7-11-15-19-25-50-43-31-38-36(29-35(43)23-24-47(5,6)49)37-30-42(48)44(51-26-20-16-12-8-2)32-39(37)41-34-46(53-28-22-18-14-10-4)45(33-40(38)41)52-27-21-17-13-9-3/h29-34,49H,7-22,25-28H2,1-6H3. The van der Waals surface area contributed by atoms with Crippen LogP contribution in [0.2, 0.25) is 0 Å². The van der Waals surface area contributed by atoms with Crippen molar-refractivity contribution in [3.63, 3.8) is 0 Å². The molecule has 290 valence electrons. The van der Waals surface area contributed by atoms with Gasteiger partial charge in [-0.3, -0.25) is 0 Å². The molecule has 1 N–H and O–H groups in total. The highest BCUT2D eigenvalue weighted by Gasteiger charge is 2.19. The average molecular weight is 790 g/mol. The van der Waals surface area contributed by atoms with Gasteiger partial charge >= 0.3 is 0 Å². The van der Waals surface area contributed by atoms with Crippen LogP contribution in [0.25, 0.3) is 32.3 Å². The molecule has 0 aliphatic carbocycles. The summed E-state index contributed by atoms with van der Waals surface area (Å²) < 4.78 is 26.9. The molecule has 0 atom stereocenters. The first kappa shape index (κ1) is 42.6. The van der Waals surface area contributed by atoms with Crippen molar-refractivity contribution in [1.29, 1.82) is 0 Å². The van der Waals surface area contributed by atoms with E-state index in [4.69, 9.17) is 18.9 Å². The van der Waals surface area contributed by atoms with Crippen molar-refractivity contribution in [3.8, 4) is 34.8 Å². The summed E-state index contributed by atoms with van der Waals surface area (Å²) in [4.78, 5) is 0. The van der Waals surface area contributed by atoms with Crippen LogP contribution < -0.4 is 18.9 Å². The number of fused-ring (bicyclic) bond motifs is 6. The zero-order chi connectivity index (χ0) is 38.1. The zero-order valence-electron chi connectivity index (χ0n) is 33.6. The highest BCUT2D eigenvalue weighted by molar-refractivity contribution is 9.10. The molecule has 0 bridgehead atoms. The summed E-state index contributed by atoms with van der Waals surface area (Å²) >= 11 is 3.87. The largest absolute Gasteiger partial charge is 0.492 e. The van der Waals surface area contributed by atoms with Gasteiger partial charge in [-0.05, 0) is 124 Å². The number of hydrogen-bond donors (Lipinski definition) is 1. The van der Waals surface area contributed by atoms with E-state index in [0.29, 0.717) is 26.4 Å². The van der Waals surface area contributed by atoms with Gasteiger partial charge in [0.2, 0.25) is 0 Å². The first-order chi connectivity index (χ1) is 25.7. The van der Waals surface area contributed by atoms with Gasteiger partial charge in [0.15, 0.2) is 11.5 Å². The third-order valence-electron chi connectivity index (χ3n) is 9.67. The lowest BCUT2D eigenvalue weighted by atomic mass is 9.92. The molecule has 5 nitrogen and oxygen atoms in total. The summed E-state index contributed by atoms with van der Waals surface area (Å²) in [5, 5.41) is 17.0. The number of benzene rings is 4. The third-order valence-corrected chi connectivity index (χ3v) is 10.3. The molecule has 0 unspecified atom stereocenters. The van der Waals surface area contributed by atoms with Gasteiger partial charge in [0.25, 0.3) is 0 Å². The second-order valence-corrected chi connectivity index (χ2v) is 15.9. The fourth-order valence-electron chi connectivity index (χ4n) is 6.65. The van der Waals surface area contributed by atoms with Gasteiger partial charge in [0.1, 0.15) is 17.1 Å². The van der Waals surface area contributed by atoms with Crippen molar-refractivity contribution in [1.82, 2.24) is 0 Å². The Morgan fingerprint density at radius 2 is 0.811 bits per heavy atom. The van der Waals surface area contributed by atoms with Crippen LogP contribution in [0.15, 0.2) is 40.9 Å². The molecule has 4 aromatic rings. The van der Waals surface area contributed by atoms with Gasteiger partial charge in [0, 0.05) is 0 Å². The van der Waals surface area contributed by atoms with Crippen LogP contribution >= 0.6 is 15.9 Å². The van der Waals surface area contributed by atoms with Crippen molar-refractivity contribution in [3.05, 3.63) is 46.4 Å². The molecule has 0 aromatic heterocycles. The highest BCUT2D eigenvalue weighted by Crippen LogP contribution is 2.45. The van der Waals surface area contributed by atoms with Crippen LogP contribution in [-0.4, -0.2) is 37.1 Å². The third kappa shape index (κ3) is 13.0. The van der Waals surface area contributed by atoms with Crippen molar-refractivity contribution in [2.45, 2.75) is 150 Å². The SMILES string of the molecule is CCCCCCOc1cc2c(cc1Br)c1cc(C#CC(C)(C)O)c(OCCCCCC)cc1c1cc(OCCCCCC)c(OCCCCCC)cc21. The van der Waals surface area contributed by atoms with E-state index in [9.17, 15) is 5.11 Å². The molecule has 0 aliphatic heterocycles. The topological polar surface area (TPSA) is 57.2 Å². The van der Waals surface area contributed by atoms with Gasteiger partial charge in [-0.25, -0.2) is 0 Å². The Balaban J connectivity index is 1.95. The van der Waals surface area contributed by atoms with E-state index in [-0.39, 0.29) is 0 Å². The zero-order valence-corrected chi connectivity index (χ0v) is 35.2. The van der Waals surface area contributed by atoms with Crippen molar-refractivity contribution in [2.75, 3.05) is 26.4 Å². The number of aliphatic hydroxyl groups is 1. The summed E-state index contributed by atoms with van der Waals surface area (Å²) in [7, 11) is 0. The molecule has 0 saturated carbocycles. The predicted molar refractivity (Wildman–Crippen MR) is 228 cm³/mol. The number of hydrogen-bond acceptors (Lipinski definition) is 5. The maximum atomic E-state index is 10.6. The van der Waals surface area contributed by atoms with Crippen molar-refractivity contribution < 1.29 is 24.1 Å². The van der Waals surface area contributed by atoms with Crippen LogP contribution in [0.3, 0.4) is 0 Å². The predicted octanol–water partition coefficient (Wildman–Crippen LogP) is 13.9. The molecule has 0 aliphatic rings. The van der Waals surface area contributed by atoms with E-state index in [1.807, 2.05) is 0 Å². The lowest BCUT2D eigenvalue weighted by Gasteiger charge is -2.19. The van der Waals surface area contributed by atoms with Gasteiger partial charge in [-0.1, -0.05) is 117 Å². The molecule has 0 spiro atoms. The van der Waals surface area contributed by atoms with Gasteiger partial charge in [0.05, 0.1) is 36.5 Å². The molecule has 4 rings (SSSR count). The quantitative estimate of drug-likeness (QED) is 0.0435. The summed E-state index contributed by atoms with van der Waals surface area (Å²) in [6, 6.07) is 13.0. The van der Waals surface area contributed by atoms with Crippen molar-refractivity contribution in [2.24, 2.45) is 0 Å². The van der Waals surface area contributed by atoms with Crippen LogP contribution in [-0.2, 0) is 0 Å². The van der Waals surface area contributed by atoms with Crippen LogP contribution in [0, 0.1) is 11.8 Å². The fraction of sp³-hybridized carbons (Fsp3) is 0.574. The maximum Gasteiger partial charge on any atom is 0.161 e. The maximum absolute atomic E-state index is 10.6. The smallest absolute Gasteiger partial charge is 0.161 e. The molecule has 0 amide bonds. The van der Waals surface area contributed by atoms with E-state index < -0.39 is 5.60 Å². The second-order valence-electron chi connectivity index (χ2n) is 15.0. The normalized spacial score (nSPS) is 11.6. The van der Waals surface area contributed by atoms with Gasteiger partial charge in [-0.15, -0.1) is 0 Å². The van der Waals surface area contributed by atoms with Crippen LogP contribution in [0.4, 0.5) is 0 Å². The second kappa shape index (κ2) is 22.3. The van der Waals surface area contributed by atoms with E-state index in [1.54, 1.807) is 13.8 Å². The first-order valence-corrected chi connectivity index (χ1v) is 21.5. The number of halogens is 1. The van der Waals surface area contributed by atoms with Gasteiger partial charge in [-0.2, -0.15) is 0 Å². The Labute approximate surface area is 328 Å². The van der Waals surface area contributed by atoms with E-state index in [1.165, 1.54) is 51.4 Å². The number of rotatable bonds is 24. The molecule has 0 fully saturated rings. The summed E-state index contributed by atoms with van der Waals surface area (Å²) in [5.41, 5.74) is -0.371. The van der Waals surface area contributed by atoms with E-state index >= 15 is 0 Å². The van der Waals surface area contributed by atoms with Crippen molar-refractivity contribution >= 4 is 48.2 Å². The Morgan fingerprint density at radius 3 is 1.23 bits per heavy atom. The van der Waals surface area contributed by atoms with Crippen LogP contribution in [0.1, 0.15) is 150 Å². The Kier molecular flexibility index (Phi) is 17.9. The summed E-state index contributed by atoms with van der Waals surface area (Å²) in [6.45, 7) is 14.9. The molecule has 4 aromatic carbocycles. The number of unbranched alkanes of at least 4 members (excludes halogenated alkanes) is 12. The molecule has 0 saturated heterocycles. The highest BCUT2D eigenvalue weighted by atomic mass is 79.9. The monoisotopic (exact) mass is 788 g/mol. The van der Waals surface area contributed by atoms with E-state index in [2.05, 4.69) is 91.9 Å². The first-order valence-electron chi connectivity index (χ1n) is 20.7. The lowest BCUT2D eigenvalue weighted by Crippen LogP contribution is -2.14. The molecule has 0 heterocycles. The minimum Gasteiger partial charge on any atom is -0.492 e.